The van der Waals surface area contributed by atoms with Crippen LogP contribution in [0, 0.1) is 6.92 Å². The van der Waals surface area contributed by atoms with E-state index in [1.165, 1.54) is 5.69 Å². The van der Waals surface area contributed by atoms with Crippen molar-refractivity contribution >= 4 is 23.2 Å². The zero-order valence-corrected chi connectivity index (χ0v) is 18.0. The number of nitrogens with one attached hydrogen (secondary N) is 1. The molecule has 156 valence electrons. The summed E-state index contributed by atoms with van der Waals surface area (Å²) in [6.45, 7) is 8.98. The molecule has 0 radical (unpaired) electrons. The molecule has 0 unspecified atom stereocenters. The van der Waals surface area contributed by atoms with Crippen molar-refractivity contribution in [3.05, 3.63) is 41.7 Å². The number of rotatable bonds is 7. The molecule has 7 nitrogen and oxygen atoms in total. The van der Waals surface area contributed by atoms with E-state index < -0.39 is 0 Å². The fraction of sp³-hybridized carbons (Fsp3) is 0.500. The molecule has 1 fully saturated rings. The van der Waals surface area contributed by atoms with Crippen LogP contribution >= 0.6 is 0 Å². The van der Waals surface area contributed by atoms with Crippen molar-refractivity contribution in [1.29, 1.82) is 0 Å². The molecule has 0 bridgehead atoms. The maximum absolute atomic E-state index is 12.6. The van der Waals surface area contributed by atoms with Gasteiger partial charge in [0.15, 0.2) is 0 Å². The third kappa shape index (κ3) is 5.67. The number of carbonyl (C=O) groups is 1. The first kappa shape index (κ1) is 21.0. The molecule has 2 aromatic rings. The number of hydrogen-bond donors (Lipinski definition) is 1. The zero-order valence-electron chi connectivity index (χ0n) is 18.0. The van der Waals surface area contributed by atoms with Crippen LogP contribution in [0.4, 0.5) is 17.3 Å². The summed E-state index contributed by atoms with van der Waals surface area (Å²) in [5.74, 6) is 0.377. The summed E-state index contributed by atoms with van der Waals surface area (Å²) in [5.41, 5.74) is 3.32. The summed E-state index contributed by atoms with van der Waals surface area (Å²) >= 11 is 0. The van der Waals surface area contributed by atoms with Crippen LogP contribution in [-0.4, -0.2) is 72.5 Å². The molecule has 3 rings (SSSR count). The van der Waals surface area contributed by atoms with Gasteiger partial charge in [0.05, 0.1) is 0 Å². The van der Waals surface area contributed by atoms with E-state index >= 15 is 0 Å². The molecule has 29 heavy (non-hydrogen) atoms. The number of piperazine rings is 1. The minimum atomic E-state index is -0.0718. The van der Waals surface area contributed by atoms with Gasteiger partial charge in [0.1, 0.15) is 5.69 Å². The Morgan fingerprint density at radius 3 is 2.48 bits per heavy atom. The summed E-state index contributed by atoms with van der Waals surface area (Å²) in [6, 6.07) is 10.1. The molecule has 1 N–H and O–H groups in total. The first-order valence-corrected chi connectivity index (χ1v) is 10.4. The van der Waals surface area contributed by atoms with Gasteiger partial charge in [-0.1, -0.05) is 13.3 Å². The molecule has 1 aromatic heterocycles. The first-order chi connectivity index (χ1) is 14.0. The minimum Gasteiger partial charge on any atom is -0.369 e. The van der Waals surface area contributed by atoms with Gasteiger partial charge in [0, 0.05) is 56.8 Å². The van der Waals surface area contributed by atoms with Crippen LogP contribution in [0.2, 0.25) is 0 Å². The number of anilines is 3. The van der Waals surface area contributed by atoms with Crippen LogP contribution in [0.25, 0.3) is 0 Å². The van der Waals surface area contributed by atoms with Gasteiger partial charge < -0.3 is 20.0 Å². The highest BCUT2D eigenvalue weighted by Crippen LogP contribution is 2.21. The van der Waals surface area contributed by atoms with Crippen LogP contribution in [0.3, 0.4) is 0 Å². The summed E-state index contributed by atoms with van der Waals surface area (Å²) in [6.07, 6.45) is 2.04. The van der Waals surface area contributed by atoms with E-state index in [-0.39, 0.29) is 5.91 Å². The van der Waals surface area contributed by atoms with Gasteiger partial charge in [-0.2, -0.15) is 0 Å². The fourth-order valence-electron chi connectivity index (χ4n) is 3.38. The summed E-state index contributed by atoms with van der Waals surface area (Å²) in [7, 11) is 3.98. The van der Waals surface area contributed by atoms with Crippen molar-refractivity contribution in [3.8, 4) is 0 Å². The average Bonchev–Trinajstić information content (AvgIpc) is 2.72. The van der Waals surface area contributed by atoms with E-state index in [0.717, 1.165) is 56.9 Å². The van der Waals surface area contributed by atoms with Crippen LogP contribution in [-0.2, 0) is 0 Å². The van der Waals surface area contributed by atoms with E-state index in [1.807, 2.05) is 26.1 Å². The topological polar surface area (TPSA) is 64.6 Å². The predicted molar refractivity (Wildman–Crippen MR) is 118 cm³/mol. The van der Waals surface area contributed by atoms with Crippen molar-refractivity contribution in [2.24, 2.45) is 0 Å². The number of aromatic nitrogens is 2. The molecule has 1 aliphatic heterocycles. The van der Waals surface area contributed by atoms with E-state index in [0.29, 0.717) is 11.6 Å². The highest BCUT2D eigenvalue weighted by atomic mass is 16.2. The third-order valence-corrected chi connectivity index (χ3v) is 5.26. The number of unbranched alkanes of at least 4 members (excludes halogenated alkanes) is 1. The van der Waals surface area contributed by atoms with Crippen LogP contribution in [0.15, 0.2) is 30.3 Å². The second-order valence-corrected chi connectivity index (χ2v) is 7.76. The number of benzene rings is 1. The molecule has 1 saturated heterocycles. The van der Waals surface area contributed by atoms with Crippen molar-refractivity contribution in [1.82, 2.24) is 19.8 Å². The molecule has 0 spiro atoms. The quantitative estimate of drug-likeness (QED) is 0.776. The molecule has 2 heterocycles. The summed E-state index contributed by atoms with van der Waals surface area (Å²) in [4.78, 5) is 28.0. The largest absolute Gasteiger partial charge is 0.369 e. The lowest BCUT2D eigenvalue weighted by atomic mass is 10.2. The lowest BCUT2D eigenvalue weighted by molar-refractivity contribution is 0.0787. The Labute approximate surface area is 173 Å². The second-order valence-electron chi connectivity index (χ2n) is 7.76. The van der Waals surface area contributed by atoms with Crippen molar-refractivity contribution in [2.75, 3.05) is 57.0 Å². The van der Waals surface area contributed by atoms with Gasteiger partial charge in [-0.3, -0.25) is 4.79 Å². The molecule has 0 aliphatic carbocycles. The normalized spacial score (nSPS) is 14.7. The van der Waals surface area contributed by atoms with Crippen molar-refractivity contribution in [3.63, 3.8) is 0 Å². The number of nitrogens with zero attached hydrogens (tertiary/aromatic N) is 5. The molecular weight excluding hydrogens is 364 g/mol. The number of carbonyl (C=O) groups excluding carboxylic acids is 1. The Morgan fingerprint density at radius 1 is 1.14 bits per heavy atom. The lowest BCUT2D eigenvalue weighted by Gasteiger charge is -2.34. The van der Waals surface area contributed by atoms with Crippen LogP contribution in [0.5, 0.6) is 0 Å². The minimum absolute atomic E-state index is 0.0718. The monoisotopic (exact) mass is 396 g/mol. The fourth-order valence-corrected chi connectivity index (χ4v) is 3.38. The van der Waals surface area contributed by atoms with E-state index in [4.69, 9.17) is 0 Å². The molecule has 0 atom stereocenters. The smallest absolute Gasteiger partial charge is 0.272 e. The molecule has 1 aliphatic rings. The molecule has 1 amide bonds. The van der Waals surface area contributed by atoms with Crippen LogP contribution in [0.1, 0.15) is 35.9 Å². The van der Waals surface area contributed by atoms with E-state index in [1.54, 1.807) is 11.0 Å². The summed E-state index contributed by atoms with van der Waals surface area (Å²) in [5, 5.41) is 3.24. The highest BCUT2D eigenvalue weighted by molar-refractivity contribution is 5.92. The third-order valence-electron chi connectivity index (χ3n) is 5.26. The molecule has 1 aromatic carbocycles. The number of aryl methyl sites for hydroxylation is 1. The number of amides is 1. The summed E-state index contributed by atoms with van der Waals surface area (Å²) < 4.78 is 0. The van der Waals surface area contributed by atoms with E-state index in [9.17, 15) is 4.79 Å². The number of hydrogen-bond acceptors (Lipinski definition) is 6. The Bertz CT molecular complexity index is 815. The Morgan fingerprint density at radius 2 is 1.83 bits per heavy atom. The van der Waals surface area contributed by atoms with Gasteiger partial charge >= 0.3 is 0 Å². The van der Waals surface area contributed by atoms with Gasteiger partial charge in [0.2, 0.25) is 5.95 Å². The first-order valence-electron chi connectivity index (χ1n) is 10.4. The zero-order chi connectivity index (χ0) is 20.8. The Balaban J connectivity index is 1.68. The van der Waals surface area contributed by atoms with Gasteiger partial charge in [0.25, 0.3) is 5.91 Å². The average molecular weight is 397 g/mol. The van der Waals surface area contributed by atoms with Crippen LogP contribution < -0.4 is 10.2 Å². The lowest BCUT2D eigenvalue weighted by Crippen LogP contribution is -2.44. The van der Waals surface area contributed by atoms with Crippen molar-refractivity contribution < 1.29 is 4.79 Å². The Hall–Kier alpha value is -2.67. The molecule has 0 saturated carbocycles. The maximum atomic E-state index is 12.6. The van der Waals surface area contributed by atoms with Crippen molar-refractivity contribution in [2.45, 2.75) is 26.7 Å². The molecular formula is C22H32N6O. The maximum Gasteiger partial charge on any atom is 0.272 e. The Kier molecular flexibility index (Phi) is 7.04. The highest BCUT2D eigenvalue weighted by Gasteiger charge is 2.16. The van der Waals surface area contributed by atoms with Gasteiger partial charge in [-0.15, -0.1) is 0 Å². The predicted octanol–water partition coefficient (Wildman–Crippen LogP) is 3.15. The van der Waals surface area contributed by atoms with Gasteiger partial charge in [-0.05, 0) is 50.7 Å². The SMILES string of the molecule is CCCCN(C)C(=O)c1cc(C)nc(Nc2ccc(N3CCN(C)CC3)cc2)n1. The number of likely N-dealkylation sites (N-methyl/N-ethyl adjacent to an activating group) is 1. The molecule has 7 heteroatoms. The standard InChI is InChI=1S/C22H32N6O/c1-5-6-11-27(4)21(29)20-16-17(2)23-22(25-20)24-18-7-9-19(10-8-18)28-14-12-26(3)13-15-28/h7-10,16H,5-6,11-15H2,1-4H3,(H,23,24,25). The van der Waals surface area contributed by atoms with E-state index in [2.05, 4.69) is 51.2 Å². The second kappa shape index (κ2) is 9.69. The van der Waals surface area contributed by atoms with Gasteiger partial charge in [-0.25, -0.2) is 9.97 Å².